The Balaban J connectivity index is 2.25. The molecule has 0 saturated heterocycles. The van der Waals surface area contributed by atoms with E-state index in [2.05, 4.69) is 10.1 Å². The van der Waals surface area contributed by atoms with Crippen LogP contribution < -0.4 is 0 Å². The fourth-order valence-corrected chi connectivity index (χ4v) is 1.48. The van der Waals surface area contributed by atoms with Gasteiger partial charge in [-0.2, -0.15) is 5.10 Å². The van der Waals surface area contributed by atoms with E-state index in [9.17, 15) is 0 Å². The zero-order valence-electron chi connectivity index (χ0n) is 7.81. The van der Waals surface area contributed by atoms with Gasteiger partial charge >= 0.3 is 0 Å². The largest absolute Gasteiger partial charge is 0.268 e. The molecule has 0 radical (unpaired) electrons. The molecule has 0 aliphatic heterocycles. The normalized spacial score (nSPS) is 10.4. The lowest BCUT2D eigenvalue weighted by Gasteiger charge is -2.05. The summed E-state index contributed by atoms with van der Waals surface area (Å²) in [7, 11) is 0. The molecule has 0 aliphatic rings. The summed E-state index contributed by atoms with van der Waals surface area (Å²) in [6.07, 6.45) is 3.69. The molecule has 2 aromatic heterocycles. The van der Waals surface area contributed by atoms with Gasteiger partial charge in [0.15, 0.2) is 0 Å². The number of hydrogen-bond acceptors (Lipinski definition) is 2. The van der Waals surface area contributed by atoms with Gasteiger partial charge in [-0.15, -0.1) is 0 Å². The topological polar surface area (TPSA) is 30.7 Å². The lowest BCUT2D eigenvalue weighted by molar-refractivity contribution is 0.681. The Kier molecular flexibility index (Phi) is 2.50. The molecule has 2 rings (SSSR count). The first-order chi connectivity index (χ1) is 6.75. The number of hydrogen-bond donors (Lipinski definition) is 0. The molecular weight excluding hydrogens is 198 g/mol. The van der Waals surface area contributed by atoms with E-state index >= 15 is 0 Å². The van der Waals surface area contributed by atoms with Gasteiger partial charge in [-0.05, 0) is 24.6 Å². The summed E-state index contributed by atoms with van der Waals surface area (Å²) in [5.41, 5.74) is 2.09. The zero-order chi connectivity index (χ0) is 9.97. The van der Waals surface area contributed by atoms with E-state index in [1.54, 1.807) is 12.3 Å². The SMILES string of the molecule is Cc1nc(Cl)ccc1Cn1cccn1. The van der Waals surface area contributed by atoms with E-state index in [1.165, 1.54) is 0 Å². The lowest BCUT2D eigenvalue weighted by Crippen LogP contribution is -2.02. The minimum absolute atomic E-state index is 0.534. The molecular formula is C10H10ClN3. The van der Waals surface area contributed by atoms with Crippen molar-refractivity contribution in [2.24, 2.45) is 0 Å². The second-order valence-corrected chi connectivity index (χ2v) is 3.47. The van der Waals surface area contributed by atoms with Crippen LogP contribution in [0.3, 0.4) is 0 Å². The smallest absolute Gasteiger partial charge is 0.129 e. The van der Waals surface area contributed by atoms with Crippen molar-refractivity contribution in [2.75, 3.05) is 0 Å². The van der Waals surface area contributed by atoms with Crippen molar-refractivity contribution in [1.82, 2.24) is 14.8 Å². The van der Waals surface area contributed by atoms with Gasteiger partial charge in [0.2, 0.25) is 0 Å². The van der Waals surface area contributed by atoms with E-state index in [0.717, 1.165) is 17.8 Å². The van der Waals surface area contributed by atoms with Crippen LogP contribution in [0.25, 0.3) is 0 Å². The third kappa shape index (κ3) is 1.93. The molecule has 0 aromatic carbocycles. The predicted molar refractivity (Wildman–Crippen MR) is 55.3 cm³/mol. The molecule has 3 nitrogen and oxygen atoms in total. The second kappa shape index (κ2) is 3.80. The molecule has 0 amide bonds. The molecule has 0 bridgehead atoms. The monoisotopic (exact) mass is 207 g/mol. The van der Waals surface area contributed by atoms with Crippen LogP contribution in [-0.2, 0) is 6.54 Å². The number of rotatable bonds is 2. The number of aromatic nitrogens is 3. The summed E-state index contributed by atoms with van der Waals surface area (Å²) in [5, 5.41) is 4.66. The average Bonchev–Trinajstić information content (AvgIpc) is 2.62. The lowest BCUT2D eigenvalue weighted by atomic mass is 10.2. The Hall–Kier alpha value is -1.35. The van der Waals surface area contributed by atoms with E-state index in [4.69, 9.17) is 11.6 Å². The molecule has 0 unspecified atom stereocenters. The summed E-state index contributed by atoms with van der Waals surface area (Å²) >= 11 is 5.77. The van der Waals surface area contributed by atoms with Crippen LogP contribution >= 0.6 is 11.6 Å². The van der Waals surface area contributed by atoms with Crippen molar-refractivity contribution in [3.8, 4) is 0 Å². The molecule has 2 aromatic rings. The maximum atomic E-state index is 5.77. The van der Waals surface area contributed by atoms with E-state index in [-0.39, 0.29) is 0 Å². The molecule has 0 N–H and O–H groups in total. The van der Waals surface area contributed by atoms with Crippen LogP contribution in [-0.4, -0.2) is 14.8 Å². The zero-order valence-corrected chi connectivity index (χ0v) is 8.57. The van der Waals surface area contributed by atoms with Crippen molar-refractivity contribution in [3.63, 3.8) is 0 Å². The number of pyridine rings is 1. The van der Waals surface area contributed by atoms with Gasteiger partial charge in [0, 0.05) is 18.1 Å². The van der Waals surface area contributed by atoms with Crippen LogP contribution in [0, 0.1) is 6.92 Å². The summed E-state index contributed by atoms with van der Waals surface area (Å²) in [6, 6.07) is 5.68. The van der Waals surface area contributed by atoms with Crippen LogP contribution in [0.5, 0.6) is 0 Å². The molecule has 0 saturated carbocycles. The molecule has 0 aliphatic carbocycles. The van der Waals surface area contributed by atoms with Gasteiger partial charge in [0.05, 0.1) is 6.54 Å². The Morgan fingerprint density at radius 3 is 2.93 bits per heavy atom. The molecule has 0 atom stereocenters. The molecule has 14 heavy (non-hydrogen) atoms. The predicted octanol–water partition coefficient (Wildman–Crippen LogP) is 2.29. The molecule has 4 heteroatoms. The summed E-state index contributed by atoms with van der Waals surface area (Å²) in [4.78, 5) is 4.18. The van der Waals surface area contributed by atoms with Crippen molar-refractivity contribution in [1.29, 1.82) is 0 Å². The van der Waals surface area contributed by atoms with Gasteiger partial charge in [-0.25, -0.2) is 4.98 Å². The van der Waals surface area contributed by atoms with Crippen LogP contribution in [0.2, 0.25) is 5.15 Å². The number of nitrogens with zero attached hydrogens (tertiary/aromatic N) is 3. The molecule has 72 valence electrons. The Morgan fingerprint density at radius 2 is 2.29 bits per heavy atom. The summed E-state index contributed by atoms with van der Waals surface area (Å²) in [5.74, 6) is 0. The van der Waals surface area contributed by atoms with E-state index < -0.39 is 0 Å². The van der Waals surface area contributed by atoms with Gasteiger partial charge in [-0.1, -0.05) is 17.7 Å². The molecule has 0 fully saturated rings. The maximum Gasteiger partial charge on any atom is 0.129 e. The highest BCUT2D eigenvalue weighted by Gasteiger charge is 2.01. The van der Waals surface area contributed by atoms with Crippen LogP contribution in [0.4, 0.5) is 0 Å². The van der Waals surface area contributed by atoms with Crippen LogP contribution in [0.1, 0.15) is 11.3 Å². The first-order valence-electron chi connectivity index (χ1n) is 4.35. The highest BCUT2D eigenvalue weighted by atomic mass is 35.5. The van der Waals surface area contributed by atoms with Gasteiger partial charge in [0.1, 0.15) is 5.15 Å². The van der Waals surface area contributed by atoms with Crippen molar-refractivity contribution in [2.45, 2.75) is 13.5 Å². The molecule has 0 spiro atoms. The van der Waals surface area contributed by atoms with Crippen molar-refractivity contribution >= 4 is 11.6 Å². The van der Waals surface area contributed by atoms with E-state index in [0.29, 0.717) is 5.15 Å². The fraction of sp³-hybridized carbons (Fsp3) is 0.200. The highest BCUT2D eigenvalue weighted by Crippen LogP contribution is 2.11. The Bertz CT molecular complexity index is 423. The Morgan fingerprint density at radius 1 is 1.43 bits per heavy atom. The van der Waals surface area contributed by atoms with Gasteiger partial charge in [-0.3, -0.25) is 4.68 Å². The average molecular weight is 208 g/mol. The summed E-state index contributed by atoms with van der Waals surface area (Å²) < 4.78 is 1.86. The second-order valence-electron chi connectivity index (χ2n) is 3.08. The van der Waals surface area contributed by atoms with Crippen LogP contribution in [0.15, 0.2) is 30.6 Å². The Labute approximate surface area is 87.3 Å². The first kappa shape index (κ1) is 9.21. The van der Waals surface area contributed by atoms with Gasteiger partial charge < -0.3 is 0 Å². The van der Waals surface area contributed by atoms with Crippen molar-refractivity contribution < 1.29 is 0 Å². The van der Waals surface area contributed by atoms with Gasteiger partial charge in [0.25, 0.3) is 0 Å². The quantitative estimate of drug-likeness (QED) is 0.708. The van der Waals surface area contributed by atoms with E-state index in [1.807, 2.05) is 29.9 Å². The third-order valence-electron chi connectivity index (χ3n) is 2.05. The summed E-state index contributed by atoms with van der Waals surface area (Å²) in [6.45, 7) is 2.69. The minimum Gasteiger partial charge on any atom is -0.268 e. The first-order valence-corrected chi connectivity index (χ1v) is 4.73. The standard InChI is InChI=1S/C10H10ClN3/c1-8-9(3-4-10(11)13-8)7-14-6-2-5-12-14/h2-6H,7H2,1H3. The van der Waals surface area contributed by atoms with Crippen molar-refractivity contribution in [3.05, 3.63) is 47.0 Å². The minimum atomic E-state index is 0.534. The maximum absolute atomic E-state index is 5.77. The number of halogens is 1. The number of aryl methyl sites for hydroxylation is 1. The highest BCUT2D eigenvalue weighted by molar-refractivity contribution is 6.29. The fourth-order valence-electron chi connectivity index (χ4n) is 1.29. The molecule has 2 heterocycles. The third-order valence-corrected chi connectivity index (χ3v) is 2.26.